The molecule has 0 saturated heterocycles. The van der Waals surface area contributed by atoms with E-state index >= 15 is 0 Å². The van der Waals surface area contributed by atoms with E-state index in [4.69, 9.17) is 0 Å². The summed E-state index contributed by atoms with van der Waals surface area (Å²) in [5.74, 6) is 0.819. The third kappa shape index (κ3) is 0.995. The van der Waals surface area contributed by atoms with Crippen LogP contribution in [0.1, 0.15) is 20.8 Å². The van der Waals surface area contributed by atoms with E-state index in [1.165, 1.54) is 0 Å². The van der Waals surface area contributed by atoms with Crippen LogP contribution in [0.15, 0.2) is 12.4 Å². The Labute approximate surface area is 71.3 Å². The predicted octanol–water partition coefficient (Wildman–Crippen LogP) is 1.34. The first-order chi connectivity index (χ1) is 5.58. The lowest BCUT2D eigenvalue weighted by molar-refractivity contribution is 0.668. The van der Waals surface area contributed by atoms with Crippen molar-refractivity contribution in [2.75, 3.05) is 5.32 Å². The molecule has 0 aliphatic carbocycles. The fourth-order valence-electron chi connectivity index (χ4n) is 1.49. The molecule has 0 amide bonds. The summed E-state index contributed by atoms with van der Waals surface area (Å²) >= 11 is 0. The third-order valence-corrected chi connectivity index (χ3v) is 1.89. The number of hydrogen-bond donors (Lipinski definition) is 1. The number of nitrogens with zero attached hydrogens (tertiary/aromatic N) is 3. The van der Waals surface area contributed by atoms with Crippen molar-refractivity contribution in [1.29, 1.82) is 0 Å². The van der Waals surface area contributed by atoms with Gasteiger partial charge in [0.15, 0.2) is 0 Å². The molecule has 1 aliphatic rings. The van der Waals surface area contributed by atoms with E-state index in [2.05, 4.69) is 35.3 Å². The smallest absolute Gasteiger partial charge is 0.226 e. The summed E-state index contributed by atoms with van der Waals surface area (Å²) in [5.41, 5.74) is 1.10. The zero-order valence-electron chi connectivity index (χ0n) is 7.50. The first-order valence-electron chi connectivity index (χ1n) is 3.96. The van der Waals surface area contributed by atoms with Gasteiger partial charge < -0.3 is 5.32 Å². The van der Waals surface area contributed by atoms with Gasteiger partial charge in [0.05, 0.1) is 5.54 Å². The van der Waals surface area contributed by atoms with Crippen molar-refractivity contribution in [3.63, 3.8) is 0 Å². The summed E-state index contributed by atoms with van der Waals surface area (Å²) in [6.45, 7) is 6.24. The Bertz CT molecular complexity index is 335. The van der Waals surface area contributed by atoms with Gasteiger partial charge >= 0.3 is 0 Å². The van der Waals surface area contributed by atoms with Gasteiger partial charge in [0.25, 0.3) is 0 Å². The van der Waals surface area contributed by atoms with Crippen molar-refractivity contribution in [1.82, 2.24) is 14.8 Å². The highest BCUT2D eigenvalue weighted by Crippen LogP contribution is 2.23. The Hall–Kier alpha value is -1.32. The van der Waals surface area contributed by atoms with E-state index in [1.807, 2.05) is 6.92 Å². The minimum atomic E-state index is -0.0207. The molecule has 0 fully saturated rings. The molecule has 0 saturated carbocycles. The monoisotopic (exact) mass is 164 g/mol. The van der Waals surface area contributed by atoms with Gasteiger partial charge in [-0.2, -0.15) is 10.1 Å². The molecule has 1 aliphatic heterocycles. The molecule has 0 bridgehead atoms. The third-order valence-electron chi connectivity index (χ3n) is 1.89. The van der Waals surface area contributed by atoms with Crippen LogP contribution in [0.3, 0.4) is 0 Å². The molecule has 12 heavy (non-hydrogen) atoms. The second-order valence-electron chi connectivity index (χ2n) is 3.63. The minimum absolute atomic E-state index is 0.0207. The highest BCUT2D eigenvalue weighted by molar-refractivity contribution is 5.56. The molecule has 1 aromatic heterocycles. The average Bonchev–Trinajstić information content (AvgIpc) is 2.31. The fourth-order valence-corrected chi connectivity index (χ4v) is 1.49. The van der Waals surface area contributed by atoms with Gasteiger partial charge in [-0.25, -0.2) is 4.68 Å². The maximum absolute atomic E-state index is 4.10. The van der Waals surface area contributed by atoms with Gasteiger partial charge in [-0.1, -0.05) is 0 Å². The second-order valence-corrected chi connectivity index (χ2v) is 3.63. The molecular weight excluding hydrogens is 152 g/mol. The lowest BCUT2D eigenvalue weighted by Crippen LogP contribution is -2.33. The standard InChI is InChI=1S/C8H12N4/c1-6-4-8(2,3)11-7-9-5-10-12(6)7/h4-5H,1-3H3,(H,9,10,11). The van der Waals surface area contributed by atoms with E-state index < -0.39 is 0 Å². The molecule has 0 radical (unpaired) electrons. The van der Waals surface area contributed by atoms with Crippen molar-refractivity contribution >= 4 is 11.6 Å². The van der Waals surface area contributed by atoms with Gasteiger partial charge in [-0.05, 0) is 26.8 Å². The molecule has 64 valence electrons. The van der Waals surface area contributed by atoms with Crippen molar-refractivity contribution in [2.24, 2.45) is 0 Å². The van der Waals surface area contributed by atoms with Crippen LogP contribution >= 0.6 is 0 Å². The Kier molecular flexibility index (Phi) is 1.28. The predicted molar refractivity (Wildman–Crippen MR) is 47.7 cm³/mol. The highest BCUT2D eigenvalue weighted by atomic mass is 15.4. The lowest BCUT2D eigenvalue weighted by atomic mass is 10.0. The van der Waals surface area contributed by atoms with Crippen molar-refractivity contribution < 1.29 is 0 Å². The SMILES string of the molecule is CC1=CC(C)(C)Nc2ncnn21. The zero-order valence-corrected chi connectivity index (χ0v) is 7.50. The van der Waals surface area contributed by atoms with Crippen molar-refractivity contribution in [2.45, 2.75) is 26.3 Å². The number of nitrogens with one attached hydrogen (secondary N) is 1. The van der Waals surface area contributed by atoms with Crippen LogP contribution in [-0.2, 0) is 0 Å². The topological polar surface area (TPSA) is 42.7 Å². The molecule has 1 aromatic rings. The lowest BCUT2D eigenvalue weighted by Gasteiger charge is -2.28. The maximum Gasteiger partial charge on any atom is 0.226 e. The van der Waals surface area contributed by atoms with E-state index in [-0.39, 0.29) is 5.54 Å². The summed E-state index contributed by atoms with van der Waals surface area (Å²) in [6, 6.07) is 0. The van der Waals surface area contributed by atoms with E-state index in [9.17, 15) is 0 Å². The zero-order chi connectivity index (χ0) is 8.77. The first kappa shape index (κ1) is 7.34. The normalized spacial score (nSPS) is 19.4. The number of rotatable bonds is 0. The highest BCUT2D eigenvalue weighted by Gasteiger charge is 2.23. The molecule has 4 nitrogen and oxygen atoms in total. The second kappa shape index (κ2) is 2.09. The molecule has 0 aromatic carbocycles. The van der Waals surface area contributed by atoms with E-state index in [0.29, 0.717) is 0 Å². The van der Waals surface area contributed by atoms with Crippen molar-refractivity contribution in [3.8, 4) is 0 Å². The number of hydrogen-bond acceptors (Lipinski definition) is 3. The molecule has 1 N–H and O–H groups in total. The summed E-state index contributed by atoms with van der Waals surface area (Å²) in [7, 11) is 0. The maximum atomic E-state index is 4.10. The number of anilines is 1. The summed E-state index contributed by atoms with van der Waals surface area (Å²) in [6.07, 6.45) is 3.69. The van der Waals surface area contributed by atoms with Crippen LogP contribution < -0.4 is 5.32 Å². The molecule has 2 heterocycles. The van der Waals surface area contributed by atoms with Crippen molar-refractivity contribution in [3.05, 3.63) is 12.4 Å². The Morgan fingerprint density at radius 2 is 2.25 bits per heavy atom. The van der Waals surface area contributed by atoms with Crippen LogP contribution in [0.25, 0.3) is 5.70 Å². The summed E-state index contributed by atoms with van der Waals surface area (Å²) in [4.78, 5) is 4.10. The van der Waals surface area contributed by atoms with Crippen LogP contribution in [0.4, 0.5) is 5.95 Å². The van der Waals surface area contributed by atoms with Gasteiger partial charge in [-0.3, -0.25) is 0 Å². The van der Waals surface area contributed by atoms with Crippen LogP contribution in [0.5, 0.6) is 0 Å². The number of aromatic nitrogens is 3. The first-order valence-corrected chi connectivity index (χ1v) is 3.96. The molecule has 2 rings (SSSR count). The van der Waals surface area contributed by atoms with E-state index in [0.717, 1.165) is 11.6 Å². The number of allylic oxidation sites excluding steroid dienone is 1. The van der Waals surface area contributed by atoms with E-state index in [1.54, 1.807) is 11.0 Å². The van der Waals surface area contributed by atoms with Crippen LogP contribution in [-0.4, -0.2) is 20.3 Å². The largest absolute Gasteiger partial charge is 0.346 e. The molecule has 0 unspecified atom stereocenters. The molecule has 4 heteroatoms. The van der Waals surface area contributed by atoms with Gasteiger partial charge in [0.2, 0.25) is 5.95 Å². The Balaban J connectivity index is 2.52. The summed E-state index contributed by atoms with van der Waals surface area (Å²) < 4.78 is 1.80. The summed E-state index contributed by atoms with van der Waals surface area (Å²) in [5, 5.41) is 7.34. The fraction of sp³-hybridized carbons (Fsp3) is 0.500. The van der Waals surface area contributed by atoms with Gasteiger partial charge in [0, 0.05) is 5.70 Å². The minimum Gasteiger partial charge on any atom is -0.346 e. The van der Waals surface area contributed by atoms with Gasteiger partial charge in [-0.15, -0.1) is 0 Å². The average molecular weight is 164 g/mol. The Morgan fingerprint density at radius 1 is 1.50 bits per heavy atom. The Morgan fingerprint density at radius 3 is 3.00 bits per heavy atom. The number of fused-ring (bicyclic) bond motifs is 1. The molecule has 0 spiro atoms. The van der Waals surface area contributed by atoms with Crippen LogP contribution in [0.2, 0.25) is 0 Å². The quantitative estimate of drug-likeness (QED) is 0.629. The van der Waals surface area contributed by atoms with Gasteiger partial charge in [0.1, 0.15) is 6.33 Å². The van der Waals surface area contributed by atoms with Crippen LogP contribution in [0, 0.1) is 0 Å². The molecule has 0 atom stereocenters. The molecular formula is C8H12N4.